The summed E-state index contributed by atoms with van der Waals surface area (Å²) in [7, 11) is 3.99. The Labute approximate surface area is 128 Å². The van der Waals surface area contributed by atoms with E-state index in [0.717, 1.165) is 5.75 Å². The van der Waals surface area contributed by atoms with E-state index in [1.165, 1.54) is 49.8 Å². The van der Waals surface area contributed by atoms with Crippen LogP contribution in [0.1, 0.15) is 49.8 Å². The Morgan fingerprint density at radius 1 is 1.29 bits per heavy atom. The molecule has 1 N–H and O–H groups in total. The molecule has 116 valence electrons. The minimum atomic E-state index is 0.528. The summed E-state index contributed by atoms with van der Waals surface area (Å²) >= 11 is 0. The molecule has 0 radical (unpaired) electrons. The molecule has 3 nitrogen and oxygen atoms in total. The lowest BCUT2D eigenvalue weighted by molar-refractivity contribution is 0.160. The van der Waals surface area contributed by atoms with Gasteiger partial charge >= 0.3 is 0 Å². The number of methoxy groups -OCH3 is 1. The molecule has 3 heteroatoms. The standard InChI is InChI=1S/C18H28N2O/c1-13-11-15(9-10-20(13)2)19-18-6-4-5-14-12-16(21-3)7-8-17(14)18/h7-8,12-13,15,18-19H,4-6,9-11H2,1-3H3. The smallest absolute Gasteiger partial charge is 0.119 e. The van der Waals surface area contributed by atoms with Crippen LogP contribution < -0.4 is 10.1 Å². The van der Waals surface area contributed by atoms with Crippen LogP contribution in [0.5, 0.6) is 5.75 Å². The fourth-order valence-electron chi connectivity index (χ4n) is 3.82. The highest BCUT2D eigenvalue weighted by Crippen LogP contribution is 2.33. The summed E-state index contributed by atoms with van der Waals surface area (Å²) in [5.41, 5.74) is 2.97. The molecule has 1 aliphatic carbocycles. The van der Waals surface area contributed by atoms with Gasteiger partial charge < -0.3 is 15.0 Å². The van der Waals surface area contributed by atoms with Crippen molar-refractivity contribution in [1.29, 1.82) is 0 Å². The van der Waals surface area contributed by atoms with E-state index in [4.69, 9.17) is 4.74 Å². The van der Waals surface area contributed by atoms with E-state index < -0.39 is 0 Å². The maximum absolute atomic E-state index is 5.37. The van der Waals surface area contributed by atoms with E-state index in [2.05, 4.69) is 42.4 Å². The third-order valence-electron chi connectivity index (χ3n) is 5.31. The Bertz CT molecular complexity index is 488. The van der Waals surface area contributed by atoms with E-state index in [-0.39, 0.29) is 0 Å². The van der Waals surface area contributed by atoms with Crippen molar-refractivity contribution in [3.8, 4) is 5.75 Å². The van der Waals surface area contributed by atoms with Crippen LogP contribution >= 0.6 is 0 Å². The van der Waals surface area contributed by atoms with Crippen molar-refractivity contribution >= 4 is 0 Å². The molecule has 0 spiro atoms. The Kier molecular flexibility index (Phi) is 4.51. The van der Waals surface area contributed by atoms with Gasteiger partial charge in [0.15, 0.2) is 0 Å². The first-order valence-corrected chi connectivity index (χ1v) is 8.30. The number of aryl methyl sites for hydroxylation is 1. The van der Waals surface area contributed by atoms with Crippen molar-refractivity contribution in [2.24, 2.45) is 0 Å². The zero-order valence-corrected chi connectivity index (χ0v) is 13.6. The van der Waals surface area contributed by atoms with E-state index >= 15 is 0 Å². The summed E-state index contributed by atoms with van der Waals surface area (Å²) in [6.07, 6.45) is 6.26. The van der Waals surface area contributed by atoms with E-state index in [1.807, 2.05) is 0 Å². The molecule has 0 aromatic heterocycles. The molecule has 1 aromatic rings. The molecular formula is C18H28N2O. The van der Waals surface area contributed by atoms with Crippen LogP contribution in [-0.4, -0.2) is 37.7 Å². The van der Waals surface area contributed by atoms with Gasteiger partial charge in [-0.25, -0.2) is 0 Å². The number of likely N-dealkylation sites (tertiary alicyclic amines) is 1. The quantitative estimate of drug-likeness (QED) is 0.925. The van der Waals surface area contributed by atoms with Crippen LogP contribution in [0.3, 0.4) is 0 Å². The lowest BCUT2D eigenvalue weighted by atomic mass is 9.86. The van der Waals surface area contributed by atoms with E-state index in [9.17, 15) is 0 Å². The number of hydrogen-bond donors (Lipinski definition) is 1. The fourth-order valence-corrected chi connectivity index (χ4v) is 3.82. The normalized spacial score (nSPS) is 30.0. The van der Waals surface area contributed by atoms with Crippen molar-refractivity contribution in [2.45, 2.75) is 57.2 Å². The Morgan fingerprint density at radius 2 is 2.14 bits per heavy atom. The van der Waals surface area contributed by atoms with Gasteiger partial charge in [0.05, 0.1) is 7.11 Å². The molecule has 3 atom stereocenters. The lowest BCUT2D eigenvalue weighted by Crippen LogP contribution is -2.46. The van der Waals surface area contributed by atoms with Crippen LogP contribution in [0, 0.1) is 0 Å². The van der Waals surface area contributed by atoms with Crippen LogP contribution in [-0.2, 0) is 6.42 Å². The highest BCUT2D eigenvalue weighted by molar-refractivity contribution is 5.39. The number of nitrogens with zero attached hydrogens (tertiary/aromatic N) is 1. The molecule has 1 heterocycles. The number of ether oxygens (including phenoxy) is 1. The molecule has 1 aliphatic heterocycles. The first kappa shape index (κ1) is 14.9. The number of benzene rings is 1. The van der Waals surface area contributed by atoms with Gasteiger partial charge in [-0.1, -0.05) is 6.07 Å². The van der Waals surface area contributed by atoms with Crippen LogP contribution in [0.25, 0.3) is 0 Å². The Morgan fingerprint density at radius 3 is 2.90 bits per heavy atom. The minimum absolute atomic E-state index is 0.528. The monoisotopic (exact) mass is 288 g/mol. The number of rotatable bonds is 3. The fraction of sp³-hybridized carbons (Fsp3) is 0.667. The Balaban J connectivity index is 1.70. The topological polar surface area (TPSA) is 24.5 Å². The van der Waals surface area contributed by atoms with Crippen molar-refractivity contribution < 1.29 is 4.74 Å². The SMILES string of the molecule is COc1ccc2c(c1)CCCC2NC1CCN(C)C(C)C1. The first-order valence-electron chi connectivity index (χ1n) is 8.30. The van der Waals surface area contributed by atoms with E-state index in [1.54, 1.807) is 7.11 Å². The largest absolute Gasteiger partial charge is 0.497 e. The molecule has 1 fully saturated rings. The lowest BCUT2D eigenvalue weighted by Gasteiger charge is -2.38. The minimum Gasteiger partial charge on any atom is -0.497 e. The molecule has 3 rings (SSSR count). The van der Waals surface area contributed by atoms with Gasteiger partial charge in [-0.2, -0.15) is 0 Å². The second-order valence-electron chi connectivity index (χ2n) is 6.73. The third kappa shape index (κ3) is 3.24. The molecule has 3 unspecified atom stereocenters. The summed E-state index contributed by atoms with van der Waals surface area (Å²) in [5, 5.41) is 3.93. The van der Waals surface area contributed by atoms with Crippen molar-refractivity contribution in [2.75, 3.05) is 20.7 Å². The number of fused-ring (bicyclic) bond motifs is 1. The molecule has 2 aliphatic rings. The summed E-state index contributed by atoms with van der Waals surface area (Å²) in [5.74, 6) is 0.988. The average Bonchev–Trinajstić information content (AvgIpc) is 2.50. The number of piperidine rings is 1. The maximum Gasteiger partial charge on any atom is 0.119 e. The van der Waals surface area contributed by atoms with Gasteiger partial charge in [-0.3, -0.25) is 0 Å². The maximum atomic E-state index is 5.37. The molecular weight excluding hydrogens is 260 g/mol. The molecule has 21 heavy (non-hydrogen) atoms. The van der Waals surface area contributed by atoms with Gasteiger partial charge in [0.2, 0.25) is 0 Å². The molecule has 0 saturated carbocycles. The predicted molar refractivity (Wildman–Crippen MR) is 86.9 cm³/mol. The van der Waals surface area contributed by atoms with Gasteiger partial charge in [0.1, 0.15) is 5.75 Å². The summed E-state index contributed by atoms with van der Waals surface area (Å²) < 4.78 is 5.37. The van der Waals surface area contributed by atoms with Gasteiger partial charge in [0, 0.05) is 18.1 Å². The molecule has 0 bridgehead atoms. The van der Waals surface area contributed by atoms with Gasteiger partial charge in [-0.15, -0.1) is 0 Å². The van der Waals surface area contributed by atoms with E-state index in [0.29, 0.717) is 18.1 Å². The Hall–Kier alpha value is -1.06. The number of nitrogens with one attached hydrogen (secondary N) is 1. The van der Waals surface area contributed by atoms with Crippen molar-refractivity contribution in [3.05, 3.63) is 29.3 Å². The predicted octanol–water partition coefficient (Wildman–Crippen LogP) is 3.14. The first-order chi connectivity index (χ1) is 10.2. The average molecular weight is 288 g/mol. The van der Waals surface area contributed by atoms with Crippen LogP contribution in [0.2, 0.25) is 0 Å². The van der Waals surface area contributed by atoms with Crippen LogP contribution in [0.15, 0.2) is 18.2 Å². The number of hydrogen-bond acceptors (Lipinski definition) is 3. The summed E-state index contributed by atoms with van der Waals surface area (Å²) in [6, 6.07) is 8.48. The summed E-state index contributed by atoms with van der Waals surface area (Å²) in [4.78, 5) is 2.47. The molecule has 1 aromatic carbocycles. The van der Waals surface area contributed by atoms with Gasteiger partial charge in [-0.05, 0) is 75.9 Å². The second kappa shape index (κ2) is 6.37. The van der Waals surface area contributed by atoms with Crippen LogP contribution in [0.4, 0.5) is 0 Å². The zero-order chi connectivity index (χ0) is 14.8. The molecule has 1 saturated heterocycles. The van der Waals surface area contributed by atoms with Gasteiger partial charge in [0.25, 0.3) is 0 Å². The molecule has 0 amide bonds. The summed E-state index contributed by atoms with van der Waals surface area (Å²) in [6.45, 7) is 3.55. The zero-order valence-electron chi connectivity index (χ0n) is 13.6. The third-order valence-corrected chi connectivity index (χ3v) is 5.31. The highest BCUT2D eigenvalue weighted by Gasteiger charge is 2.27. The van der Waals surface area contributed by atoms with Crippen molar-refractivity contribution in [1.82, 2.24) is 10.2 Å². The highest BCUT2D eigenvalue weighted by atomic mass is 16.5. The second-order valence-corrected chi connectivity index (χ2v) is 6.73. The van der Waals surface area contributed by atoms with Crippen molar-refractivity contribution in [3.63, 3.8) is 0 Å².